The topological polar surface area (TPSA) is 46.2 Å². The van der Waals surface area contributed by atoms with E-state index < -0.39 is 17.6 Å². The zero-order chi connectivity index (χ0) is 13.4. The molecule has 17 heavy (non-hydrogen) atoms. The van der Waals surface area contributed by atoms with E-state index in [1.54, 1.807) is 13.0 Å². The van der Waals surface area contributed by atoms with Gasteiger partial charge in [-0.05, 0) is 13.0 Å². The average molecular weight is 247 g/mol. The molecule has 0 spiro atoms. The Bertz CT molecular complexity index is 413. The summed E-state index contributed by atoms with van der Waals surface area (Å²) in [4.78, 5) is 0. The van der Waals surface area contributed by atoms with Crippen LogP contribution in [0.4, 0.5) is 13.2 Å². The number of phenolic OH excluding ortho intramolecular Hbond substituents is 1. The lowest BCUT2D eigenvalue weighted by atomic mass is 9.77. The maximum Gasteiger partial charge on any atom is 0.404 e. The summed E-state index contributed by atoms with van der Waals surface area (Å²) in [5, 5.41) is 9.66. The van der Waals surface area contributed by atoms with Gasteiger partial charge < -0.3 is 10.8 Å². The van der Waals surface area contributed by atoms with Crippen LogP contribution in [0.3, 0.4) is 0 Å². The average Bonchev–Trinajstić information content (AvgIpc) is 2.19. The van der Waals surface area contributed by atoms with Crippen molar-refractivity contribution in [2.24, 2.45) is 5.73 Å². The first-order chi connectivity index (χ1) is 7.56. The van der Waals surface area contributed by atoms with Crippen LogP contribution >= 0.6 is 0 Å². The molecule has 0 saturated heterocycles. The summed E-state index contributed by atoms with van der Waals surface area (Å²) in [6.07, 6.45) is -4.50. The molecule has 1 rings (SSSR count). The van der Waals surface area contributed by atoms with Crippen LogP contribution in [-0.4, -0.2) is 17.3 Å². The molecular weight excluding hydrogens is 231 g/mol. The summed E-state index contributed by atoms with van der Waals surface area (Å²) in [5.74, 6) is -0.166. The predicted molar refractivity (Wildman–Crippen MR) is 59.9 cm³/mol. The first-order valence-electron chi connectivity index (χ1n) is 5.19. The number of hydrogen-bond acceptors (Lipinski definition) is 2. The second-order valence-corrected chi connectivity index (χ2v) is 4.76. The van der Waals surface area contributed by atoms with Crippen molar-refractivity contribution >= 4 is 0 Å². The van der Waals surface area contributed by atoms with Crippen molar-refractivity contribution in [2.45, 2.75) is 38.4 Å². The Hall–Kier alpha value is -1.23. The molecule has 0 aromatic heterocycles. The molecule has 0 radical (unpaired) electrons. The van der Waals surface area contributed by atoms with Crippen LogP contribution in [0.5, 0.6) is 5.75 Å². The molecule has 1 aromatic rings. The number of alkyl halides is 3. The van der Waals surface area contributed by atoms with Crippen molar-refractivity contribution in [3.05, 3.63) is 29.3 Å². The zero-order valence-electron chi connectivity index (χ0n) is 9.97. The van der Waals surface area contributed by atoms with Gasteiger partial charge in [0.2, 0.25) is 0 Å². The lowest BCUT2D eigenvalue weighted by molar-refractivity contribution is -0.160. The van der Waals surface area contributed by atoms with Gasteiger partial charge in [0.25, 0.3) is 0 Å². The number of hydrogen-bond donors (Lipinski definition) is 2. The highest BCUT2D eigenvalue weighted by atomic mass is 19.4. The van der Waals surface area contributed by atoms with E-state index in [1.165, 1.54) is 26.0 Å². The molecule has 5 heteroatoms. The van der Waals surface area contributed by atoms with Gasteiger partial charge in [-0.15, -0.1) is 0 Å². The molecule has 1 aromatic carbocycles. The van der Waals surface area contributed by atoms with Gasteiger partial charge >= 0.3 is 6.18 Å². The van der Waals surface area contributed by atoms with E-state index in [2.05, 4.69) is 0 Å². The zero-order valence-corrected chi connectivity index (χ0v) is 9.97. The Labute approximate surface area is 98.3 Å². The van der Waals surface area contributed by atoms with Crippen LogP contribution in [-0.2, 0) is 5.41 Å². The smallest absolute Gasteiger partial charge is 0.404 e. The first-order valence-corrected chi connectivity index (χ1v) is 5.19. The lowest BCUT2D eigenvalue weighted by Gasteiger charge is -2.34. The molecule has 0 amide bonds. The van der Waals surface area contributed by atoms with Gasteiger partial charge in [-0.25, -0.2) is 0 Å². The molecule has 0 aliphatic carbocycles. The third kappa shape index (κ3) is 2.72. The molecule has 0 bridgehead atoms. The van der Waals surface area contributed by atoms with Crippen LogP contribution in [0.25, 0.3) is 0 Å². The Kier molecular flexibility index (Phi) is 3.43. The number of nitrogens with two attached hydrogens (primary N) is 1. The van der Waals surface area contributed by atoms with Gasteiger partial charge in [-0.3, -0.25) is 0 Å². The molecule has 0 aliphatic rings. The normalized spacial score (nSPS) is 14.8. The number of halogens is 3. The minimum absolute atomic E-state index is 0.166. The lowest BCUT2D eigenvalue weighted by Crippen LogP contribution is -2.51. The van der Waals surface area contributed by atoms with Crippen molar-refractivity contribution in [3.63, 3.8) is 0 Å². The van der Waals surface area contributed by atoms with Gasteiger partial charge in [-0.1, -0.05) is 31.5 Å². The fourth-order valence-corrected chi connectivity index (χ4v) is 1.74. The molecule has 0 fully saturated rings. The first kappa shape index (κ1) is 13.8. The summed E-state index contributed by atoms with van der Waals surface area (Å²) < 4.78 is 38.0. The summed E-state index contributed by atoms with van der Waals surface area (Å²) in [7, 11) is 0. The van der Waals surface area contributed by atoms with Crippen LogP contribution in [0.15, 0.2) is 18.2 Å². The second kappa shape index (κ2) is 4.22. The molecule has 1 atom stereocenters. The van der Waals surface area contributed by atoms with Gasteiger partial charge in [0, 0.05) is 11.0 Å². The molecule has 0 saturated carbocycles. The van der Waals surface area contributed by atoms with E-state index in [0.717, 1.165) is 5.56 Å². The van der Waals surface area contributed by atoms with E-state index in [9.17, 15) is 18.3 Å². The van der Waals surface area contributed by atoms with Crippen LogP contribution in [0.2, 0.25) is 0 Å². The Morgan fingerprint density at radius 1 is 1.24 bits per heavy atom. The third-order valence-corrected chi connectivity index (χ3v) is 2.98. The van der Waals surface area contributed by atoms with Crippen molar-refractivity contribution in [2.75, 3.05) is 0 Å². The van der Waals surface area contributed by atoms with E-state index in [-0.39, 0.29) is 11.3 Å². The van der Waals surface area contributed by atoms with E-state index >= 15 is 0 Å². The largest absolute Gasteiger partial charge is 0.508 e. The number of benzene rings is 1. The molecule has 96 valence electrons. The summed E-state index contributed by atoms with van der Waals surface area (Å²) in [5.41, 5.74) is 4.85. The number of aryl methyl sites for hydroxylation is 1. The fraction of sp³-hybridized carbons (Fsp3) is 0.500. The van der Waals surface area contributed by atoms with Gasteiger partial charge in [0.05, 0.1) is 0 Å². The molecule has 1 unspecified atom stereocenters. The maximum atomic E-state index is 12.7. The van der Waals surface area contributed by atoms with E-state index in [0.29, 0.717) is 0 Å². The van der Waals surface area contributed by atoms with Crippen LogP contribution in [0.1, 0.15) is 25.0 Å². The number of rotatable bonds is 2. The standard InChI is InChI=1S/C12H16F3NO/c1-7-4-5-9(17)8(6-7)11(2,3)10(16)12(13,14)15/h4-6,10,17H,16H2,1-3H3. The SMILES string of the molecule is Cc1ccc(O)c(C(C)(C)C(N)C(F)(F)F)c1. The molecule has 0 aliphatic heterocycles. The summed E-state index contributed by atoms with van der Waals surface area (Å²) in [6, 6.07) is 2.52. The maximum absolute atomic E-state index is 12.7. The highest BCUT2D eigenvalue weighted by molar-refractivity contribution is 5.41. The highest BCUT2D eigenvalue weighted by Crippen LogP contribution is 2.39. The van der Waals surface area contributed by atoms with E-state index in [4.69, 9.17) is 5.73 Å². The quantitative estimate of drug-likeness (QED) is 0.844. The minimum atomic E-state index is -4.50. The molecule has 2 nitrogen and oxygen atoms in total. The van der Waals surface area contributed by atoms with Gasteiger partial charge in [0.15, 0.2) is 0 Å². The Balaban J connectivity index is 3.25. The summed E-state index contributed by atoms with van der Waals surface area (Å²) in [6.45, 7) is 4.50. The Morgan fingerprint density at radius 3 is 2.24 bits per heavy atom. The molecule has 3 N–H and O–H groups in total. The molecule has 0 heterocycles. The monoisotopic (exact) mass is 247 g/mol. The number of aromatic hydroxyl groups is 1. The second-order valence-electron chi connectivity index (χ2n) is 4.76. The van der Waals surface area contributed by atoms with Crippen LogP contribution in [0, 0.1) is 6.92 Å². The Morgan fingerprint density at radius 2 is 1.76 bits per heavy atom. The predicted octanol–water partition coefficient (Wildman–Crippen LogP) is 2.87. The number of phenols is 1. The van der Waals surface area contributed by atoms with Crippen molar-refractivity contribution in [3.8, 4) is 5.75 Å². The van der Waals surface area contributed by atoms with E-state index in [1.807, 2.05) is 0 Å². The van der Waals surface area contributed by atoms with Crippen molar-refractivity contribution in [1.82, 2.24) is 0 Å². The van der Waals surface area contributed by atoms with Crippen molar-refractivity contribution < 1.29 is 18.3 Å². The third-order valence-electron chi connectivity index (χ3n) is 2.98. The fourth-order valence-electron chi connectivity index (χ4n) is 1.74. The van der Waals surface area contributed by atoms with Gasteiger partial charge in [0.1, 0.15) is 11.8 Å². The van der Waals surface area contributed by atoms with Crippen molar-refractivity contribution in [1.29, 1.82) is 0 Å². The highest BCUT2D eigenvalue weighted by Gasteiger charge is 2.48. The molecular formula is C12H16F3NO. The van der Waals surface area contributed by atoms with Crippen LogP contribution < -0.4 is 5.73 Å². The minimum Gasteiger partial charge on any atom is -0.508 e. The summed E-state index contributed by atoms with van der Waals surface area (Å²) >= 11 is 0. The van der Waals surface area contributed by atoms with Gasteiger partial charge in [-0.2, -0.15) is 13.2 Å².